The van der Waals surface area contributed by atoms with Crippen molar-refractivity contribution < 1.29 is 24.0 Å². The third kappa shape index (κ3) is 6.62. The Morgan fingerprint density at radius 1 is 1.09 bits per heavy atom. The van der Waals surface area contributed by atoms with Crippen LogP contribution in [0.15, 0.2) is 76.3 Å². The Bertz CT molecular complexity index is 1230. The first-order chi connectivity index (χ1) is 16.4. The molecular formula is C23H19BrN4O6. The zero-order chi connectivity index (χ0) is 24.5. The van der Waals surface area contributed by atoms with Crippen molar-refractivity contribution >= 4 is 45.3 Å². The summed E-state index contributed by atoms with van der Waals surface area (Å²) in [6, 6.07) is 17.4. The van der Waals surface area contributed by atoms with Crippen LogP contribution in [-0.2, 0) is 4.79 Å². The smallest absolute Gasteiger partial charge is 0.272 e. The van der Waals surface area contributed by atoms with E-state index in [0.717, 1.165) is 0 Å². The highest BCUT2D eigenvalue weighted by Gasteiger charge is 2.11. The number of nitro groups is 1. The van der Waals surface area contributed by atoms with E-state index in [2.05, 4.69) is 31.8 Å². The van der Waals surface area contributed by atoms with Crippen molar-refractivity contribution in [1.29, 1.82) is 0 Å². The first-order valence-corrected chi connectivity index (χ1v) is 10.6. The number of amides is 2. The van der Waals surface area contributed by atoms with Gasteiger partial charge in [-0.1, -0.05) is 12.1 Å². The summed E-state index contributed by atoms with van der Waals surface area (Å²) >= 11 is 3.32. The number of nitro benzene ring substituents is 1. The molecule has 0 saturated heterocycles. The topological polar surface area (TPSA) is 132 Å². The van der Waals surface area contributed by atoms with Crippen LogP contribution < -0.4 is 20.2 Å². The van der Waals surface area contributed by atoms with Crippen molar-refractivity contribution in [3.63, 3.8) is 0 Å². The van der Waals surface area contributed by atoms with Gasteiger partial charge in [-0.2, -0.15) is 5.10 Å². The summed E-state index contributed by atoms with van der Waals surface area (Å²) in [6.45, 7) is -0.303. The molecule has 0 spiro atoms. The fourth-order valence-corrected chi connectivity index (χ4v) is 3.23. The highest BCUT2D eigenvalue weighted by Crippen LogP contribution is 2.27. The molecule has 0 radical (unpaired) electrons. The maximum atomic E-state index is 12.2. The molecule has 3 rings (SSSR count). The van der Waals surface area contributed by atoms with Gasteiger partial charge >= 0.3 is 0 Å². The number of ether oxygens (including phenoxy) is 2. The molecule has 0 aliphatic carbocycles. The minimum atomic E-state index is -0.522. The van der Waals surface area contributed by atoms with Crippen molar-refractivity contribution in [3.05, 3.63) is 92.4 Å². The molecule has 0 aliphatic rings. The molecular weight excluding hydrogens is 508 g/mol. The van der Waals surface area contributed by atoms with Crippen LogP contribution in [0.25, 0.3) is 0 Å². The van der Waals surface area contributed by atoms with Gasteiger partial charge in [-0.3, -0.25) is 19.7 Å². The number of anilines is 1. The second-order valence-electron chi connectivity index (χ2n) is 6.73. The van der Waals surface area contributed by atoms with Crippen LogP contribution in [0.2, 0.25) is 0 Å². The summed E-state index contributed by atoms with van der Waals surface area (Å²) < 4.78 is 11.5. The van der Waals surface area contributed by atoms with E-state index in [-0.39, 0.29) is 18.2 Å². The SMILES string of the molecule is COc1cc(/C=N/NC(=O)c2ccccc2Br)ccc1OCC(=O)Nc1ccc([N+](=O)[O-])cc1. The number of non-ortho nitro benzene ring substituents is 1. The first kappa shape index (κ1) is 24.4. The van der Waals surface area contributed by atoms with Crippen LogP contribution >= 0.6 is 15.9 Å². The molecule has 2 amide bonds. The van der Waals surface area contributed by atoms with Crippen LogP contribution in [0, 0.1) is 10.1 Å². The Hall–Kier alpha value is -4.25. The lowest BCUT2D eigenvalue weighted by Gasteiger charge is -2.11. The predicted molar refractivity (Wildman–Crippen MR) is 129 cm³/mol. The Balaban J connectivity index is 1.56. The molecule has 3 aromatic carbocycles. The summed E-state index contributed by atoms with van der Waals surface area (Å²) in [5.41, 5.74) is 3.87. The number of carbonyl (C=O) groups is 2. The van der Waals surface area contributed by atoms with E-state index in [4.69, 9.17) is 9.47 Å². The standard InChI is InChI=1S/C23H19BrN4O6/c1-33-21-12-15(13-25-27-23(30)18-4-2-3-5-19(18)24)6-11-20(21)34-14-22(29)26-16-7-9-17(10-8-16)28(31)32/h2-13H,14H2,1H3,(H,26,29)(H,27,30)/b25-13+. The van der Waals surface area contributed by atoms with Crippen molar-refractivity contribution in [1.82, 2.24) is 5.43 Å². The molecule has 0 unspecified atom stereocenters. The molecule has 10 nitrogen and oxygen atoms in total. The molecule has 174 valence electrons. The zero-order valence-corrected chi connectivity index (χ0v) is 19.4. The van der Waals surface area contributed by atoms with E-state index >= 15 is 0 Å². The number of hydrogen-bond acceptors (Lipinski definition) is 7. The monoisotopic (exact) mass is 526 g/mol. The summed E-state index contributed by atoms with van der Waals surface area (Å²) in [5, 5.41) is 17.2. The minimum Gasteiger partial charge on any atom is -0.493 e. The number of nitrogens with one attached hydrogen (secondary N) is 2. The Morgan fingerprint density at radius 2 is 1.82 bits per heavy atom. The van der Waals surface area contributed by atoms with Crippen molar-refractivity contribution in [3.8, 4) is 11.5 Å². The molecule has 0 bridgehead atoms. The molecule has 0 saturated carbocycles. The van der Waals surface area contributed by atoms with E-state index in [9.17, 15) is 19.7 Å². The molecule has 0 fully saturated rings. The number of carbonyl (C=O) groups excluding carboxylic acids is 2. The number of hydrazone groups is 1. The lowest BCUT2D eigenvalue weighted by Crippen LogP contribution is -2.20. The van der Waals surface area contributed by atoms with Gasteiger partial charge in [0.15, 0.2) is 18.1 Å². The maximum absolute atomic E-state index is 12.2. The predicted octanol–water partition coefficient (Wildman–Crippen LogP) is 4.15. The zero-order valence-electron chi connectivity index (χ0n) is 17.9. The van der Waals surface area contributed by atoms with Crippen LogP contribution in [-0.4, -0.2) is 36.7 Å². The quantitative estimate of drug-likeness (QED) is 0.244. The van der Waals surface area contributed by atoms with E-state index in [1.807, 2.05) is 0 Å². The lowest BCUT2D eigenvalue weighted by atomic mass is 10.2. The Morgan fingerprint density at radius 3 is 2.50 bits per heavy atom. The highest BCUT2D eigenvalue weighted by molar-refractivity contribution is 9.10. The molecule has 0 heterocycles. The molecule has 0 aliphatic heterocycles. The van der Waals surface area contributed by atoms with E-state index in [1.54, 1.807) is 42.5 Å². The van der Waals surface area contributed by atoms with Gasteiger partial charge in [0.2, 0.25) is 0 Å². The summed E-state index contributed by atoms with van der Waals surface area (Å²) in [4.78, 5) is 34.5. The second kappa shape index (κ2) is 11.6. The third-order valence-corrected chi connectivity index (χ3v) is 5.10. The summed E-state index contributed by atoms with van der Waals surface area (Å²) in [6.07, 6.45) is 1.45. The van der Waals surface area contributed by atoms with Crippen LogP contribution in [0.3, 0.4) is 0 Å². The van der Waals surface area contributed by atoms with Crippen LogP contribution in [0.1, 0.15) is 15.9 Å². The molecule has 2 N–H and O–H groups in total. The van der Waals surface area contributed by atoms with Gasteiger partial charge in [-0.15, -0.1) is 0 Å². The van der Waals surface area contributed by atoms with Crippen molar-refractivity contribution in [2.45, 2.75) is 0 Å². The number of halogens is 1. The van der Waals surface area contributed by atoms with Gasteiger partial charge in [0, 0.05) is 22.3 Å². The number of hydrogen-bond donors (Lipinski definition) is 2. The van der Waals surface area contributed by atoms with Gasteiger partial charge in [0.05, 0.1) is 23.8 Å². The Labute approximate surface area is 202 Å². The van der Waals surface area contributed by atoms with Crippen molar-refractivity contribution in [2.24, 2.45) is 5.10 Å². The lowest BCUT2D eigenvalue weighted by molar-refractivity contribution is -0.384. The van der Waals surface area contributed by atoms with Gasteiger partial charge in [-0.05, 0) is 64.0 Å². The van der Waals surface area contributed by atoms with Crippen LogP contribution in [0.4, 0.5) is 11.4 Å². The largest absolute Gasteiger partial charge is 0.493 e. The third-order valence-electron chi connectivity index (χ3n) is 4.41. The number of nitrogens with zero attached hydrogens (tertiary/aromatic N) is 2. The fraction of sp³-hybridized carbons (Fsp3) is 0.0870. The second-order valence-corrected chi connectivity index (χ2v) is 7.58. The normalized spacial score (nSPS) is 10.5. The maximum Gasteiger partial charge on any atom is 0.272 e. The van der Waals surface area contributed by atoms with Gasteiger partial charge in [0.25, 0.3) is 17.5 Å². The Kier molecular flexibility index (Phi) is 8.30. The average molecular weight is 527 g/mol. The van der Waals surface area contributed by atoms with E-state index in [1.165, 1.54) is 37.6 Å². The van der Waals surface area contributed by atoms with E-state index in [0.29, 0.717) is 32.8 Å². The fourth-order valence-electron chi connectivity index (χ4n) is 2.76. The molecule has 3 aromatic rings. The van der Waals surface area contributed by atoms with Gasteiger partial charge < -0.3 is 14.8 Å². The molecule has 0 atom stereocenters. The molecule has 0 aromatic heterocycles. The average Bonchev–Trinajstić information content (AvgIpc) is 2.83. The van der Waals surface area contributed by atoms with Gasteiger partial charge in [0.1, 0.15) is 0 Å². The molecule has 11 heteroatoms. The first-order valence-electron chi connectivity index (χ1n) is 9.80. The van der Waals surface area contributed by atoms with E-state index < -0.39 is 10.8 Å². The molecule has 34 heavy (non-hydrogen) atoms. The number of methoxy groups -OCH3 is 1. The summed E-state index contributed by atoms with van der Waals surface area (Å²) in [7, 11) is 1.45. The number of benzene rings is 3. The van der Waals surface area contributed by atoms with Gasteiger partial charge in [-0.25, -0.2) is 5.43 Å². The highest BCUT2D eigenvalue weighted by atomic mass is 79.9. The van der Waals surface area contributed by atoms with Crippen LogP contribution in [0.5, 0.6) is 11.5 Å². The minimum absolute atomic E-state index is 0.0740. The number of rotatable bonds is 9. The summed E-state index contributed by atoms with van der Waals surface area (Å²) in [5.74, 6) is -0.119. The van der Waals surface area contributed by atoms with Crippen molar-refractivity contribution in [2.75, 3.05) is 19.0 Å².